The Morgan fingerprint density at radius 2 is 1.74 bits per heavy atom. The molecule has 1 aromatic rings. The summed E-state index contributed by atoms with van der Waals surface area (Å²) in [6.07, 6.45) is 6.38. The molecule has 1 saturated heterocycles. The van der Waals surface area contributed by atoms with E-state index in [1.54, 1.807) is 19.9 Å². The van der Waals surface area contributed by atoms with Gasteiger partial charge in [-0.1, -0.05) is 33.1 Å². The van der Waals surface area contributed by atoms with Crippen LogP contribution >= 0.6 is 0 Å². The van der Waals surface area contributed by atoms with E-state index >= 15 is 0 Å². The summed E-state index contributed by atoms with van der Waals surface area (Å²) in [4.78, 5) is 31.6. The molecule has 0 N–H and O–H groups in total. The number of amides is 2. The lowest BCUT2D eigenvalue weighted by molar-refractivity contribution is -0.133. The molecule has 2 fully saturated rings. The summed E-state index contributed by atoms with van der Waals surface area (Å²) in [6, 6.07) is 5.14. The second-order valence-electron chi connectivity index (χ2n) is 9.20. The third-order valence-corrected chi connectivity index (χ3v) is 9.31. The number of carbonyl (C=O) groups excluding carboxylic acids is 2. The Morgan fingerprint density at radius 1 is 1.06 bits per heavy atom. The molecule has 10 heteroatoms. The molecule has 1 aromatic carbocycles. The molecule has 0 spiro atoms. The van der Waals surface area contributed by atoms with Crippen molar-refractivity contribution in [3.05, 3.63) is 18.2 Å². The quantitative estimate of drug-likeness (QED) is 0.578. The number of ether oxygens (including phenoxy) is 1. The highest BCUT2D eigenvalue weighted by Gasteiger charge is 2.33. The maximum absolute atomic E-state index is 13.1. The van der Waals surface area contributed by atoms with Crippen LogP contribution in [0.2, 0.25) is 0 Å². The molecular formula is C24H36N4O5S. The van der Waals surface area contributed by atoms with Crippen LogP contribution in [0.15, 0.2) is 23.1 Å². The third-order valence-electron chi connectivity index (χ3n) is 7.27. The fraction of sp³-hybridized carbons (Fsp3) is 0.667. The number of piperazine rings is 1. The molecule has 1 saturated carbocycles. The van der Waals surface area contributed by atoms with E-state index in [0.717, 1.165) is 13.1 Å². The van der Waals surface area contributed by atoms with E-state index in [1.807, 2.05) is 4.90 Å². The third kappa shape index (κ3) is 5.08. The van der Waals surface area contributed by atoms with Gasteiger partial charge in [0.2, 0.25) is 15.9 Å². The molecular weight excluding hydrogens is 456 g/mol. The SMILES string of the molecule is CCN(CC)S(=O)(=O)c1ccc2c(c1)N(CC(=O)N1CCN(C3CCCCC3)CC1)C(=O)CO2. The summed E-state index contributed by atoms with van der Waals surface area (Å²) >= 11 is 0. The smallest absolute Gasteiger partial charge is 0.265 e. The van der Waals surface area contributed by atoms with E-state index in [1.165, 1.54) is 53.4 Å². The zero-order valence-corrected chi connectivity index (χ0v) is 21.1. The van der Waals surface area contributed by atoms with Gasteiger partial charge in [0.05, 0.1) is 10.6 Å². The van der Waals surface area contributed by atoms with Crippen molar-refractivity contribution in [2.24, 2.45) is 0 Å². The minimum Gasteiger partial charge on any atom is -0.482 e. The Bertz CT molecular complexity index is 997. The average molecular weight is 493 g/mol. The van der Waals surface area contributed by atoms with Crippen molar-refractivity contribution in [1.82, 2.24) is 14.1 Å². The zero-order chi connectivity index (χ0) is 24.3. The van der Waals surface area contributed by atoms with Crippen LogP contribution in [0.3, 0.4) is 0 Å². The van der Waals surface area contributed by atoms with Crippen LogP contribution in [-0.2, 0) is 19.6 Å². The molecule has 9 nitrogen and oxygen atoms in total. The Kier molecular flexibility index (Phi) is 7.79. The summed E-state index contributed by atoms with van der Waals surface area (Å²) in [5, 5.41) is 0. The minimum absolute atomic E-state index is 0.0896. The Labute approximate surface area is 202 Å². The van der Waals surface area contributed by atoms with Crippen LogP contribution < -0.4 is 9.64 Å². The summed E-state index contributed by atoms with van der Waals surface area (Å²) in [6.45, 7) is 6.99. The standard InChI is InChI=1S/C24H36N4O5S/c1-3-27(4-2)34(31,32)20-10-11-22-21(16-20)28(24(30)18-33-22)17-23(29)26-14-12-25(13-15-26)19-8-6-5-7-9-19/h10-11,16,19H,3-9,12-15,17-18H2,1-2H3. The van der Waals surface area contributed by atoms with Crippen molar-refractivity contribution in [3.8, 4) is 5.75 Å². The number of nitrogens with zero attached hydrogens (tertiary/aromatic N) is 4. The van der Waals surface area contributed by atoms with Crippen molar-refractivity contribution in [2.45, 2.75) is 56.9 Å². The first-order valence-corrected chi connectivity index (χ1v) is 13.9. The second kappa shape index (κ2) is 10.6. The van der Waals surface area contributed by atoms with Gasteiger partial charge >= 0.3 is 0 Å². The van der Waals surface area contributed by atoms with Crippen molar-refractivity contribution in [3.63, 3.8) is 0 Å². The number of fused-ring (bicyclic) bond motifs is 1. The molecule has 188 valence electrons. The van der Waals surface area contributed by atoms with Crippen LogP contribution in [0.1, 0.15) is 46.0 Å². The van der Waals surface area contributed by atoms with E-state index in [9.17, 15) is 18.0 Å². The van der Waals surface area contributed by atoms with Crippen LogP contribution in [0.5, 0.6) is 5.75 Å². The monoisotopic (exact) mass is 492 g/mol. The molecule has 0 aromatic heterocycles. The van der Waals surface area contributed by atoms with E-state index in [-0.39, 0.29) is 29.9 Å². The predicted molar refractivity (Wildman–Crippen MR) is 129 cm³/mol. The fourth-order valence-corrected chi connectivity index (χ4v) is 6.72. The molecule has 0 radical (unpaired) electrons. The fourth-order valence-electron chi connectivity index (χ4n) is 5.25. The number of rotatable bonds is 7. The number of anilines is 1. The van der Waals surface area contributed by atoms with Gasteiger partial charge in [0, 0.05) is 45.3 Å². The molecule has 0 atom stereocenters. The Balaban J connectivity index is 1.47. The van der Waals surface area contributed by atoms with Gasteiger partial charge in [0.25, 0.3) is 5.91 Å². The molecule has 2 heterocycles. The number of carbonyl (C=O) groups is 2. The number of benzene rings is 1. The van der Waals surface area contributed by atoms with E-state index in [2.05, 4.69) is 4.90 Å². The largest absolute Gasteiger partial charge is 0.482 e. The minimum atomic E-state index is -3.70. The van der Waals surface area contributed by atoms with Crippen LogP contribution in [0.25, 0.3) is 0 Å². The molecule has 3 aliphatic rings. The predicted octanol–water partition coefficient (Wildman–Crippen LogP) is 1.92. The lowest BCUT2D eigenvalue weighted by Crippen LogP contribution is -2.55. The summed E-state index contributed by atoms with van der Waals surface area (Å²) in [7, 11) is -3.70. The molecule has 2 aliphatic heterocycles. The van der Waals surface area contributed by atoms with Gasteiger partial charge in [-0.25, -0.2) is 8.42 Å². The van der Waals surface area contributed by atoms with Gasteiger partial charge in [-0.2, -0.15) is 4.31 Å². The first-order valence-electron chi connectivity index (χ1n) is 12.4. The molecule has 1 aliphatic carbocycles. The summed E-state index contributed by atoms with van der Waals surface area (Å²) in [5.74, 6) is -0.0615. The number of hydrogen-bond donors (Lipinski definition) is 0. The van der Waals surface area contributed by atoms with Crippen LogP contribution in [-0.4, -0.2) is 92.8 Å². The van der Waals surface area contributed by atoms with Gasteiger partial charge in [0.15, 0.2) is 6.61 Å². The Hall–Kier alpha value is -2.17. The first kappa shape index (κ1) is 24.9. The molecule has 0 bridgehead atoms. The topological polar surface area (TPSA) is 90.5 Å². The Morgan fingerprint density at radius 3 is 2.38 bits per heavy atom. The van der Waals surface area contributed by atoms with Gasteiger partial charge in [-0.05, 0) is 31.0 Å². The average Bonchev–Trinajstić information content (AvgIpc) is 2.86. The first-order chi connectivity index (χ1) is 16.3. The number of hydrogen-bond acceptors (Lipinski definition) is 6. The lowest BCUT2D eigenvalue weighted by atomic mass is 9.94. The lowest BCUT2D eigenvalue weighted by Gasteiger charge is -2.41. The second-order valence-corrected chi connectivity index (χ2v) is 11.1. The number of sulfonamides is 1. The van der Waals surface area contributed by atoms with Crippen molar-refractivity contribution < 1.29 is 22.7 Å². The summed E-state index contributed by atoms with van der Waals surface area (Å²) in [5.41, 5.74) is 0.332. The maximum Gasteiger partial charge on any atom is 0.265 e. The van der Waals surface area contributed by atoms with Crippen molar-refractivity contribution in [2.75, 3.05) is 57.3 Å². The highest BCUT2D eigenvalue weighted by atomic mass is 32.2. The van der Waals surface area contributed by atoms with Gasteiger partial charge in [0.1, 0.15) is 12.3 Å². The van der Waals surface area contributed by atoms with E-state index in [4.69, 9.17) is 4.74 Å². The van der Waals surface area contributed by atoms with Crippen molar-refractivity contribution >= 4 is 27.5 Å². The van der Waals surface area contributed by atoms with Gasteiger partial charge in [-0.3, -0.25) is 19.4 Å². The summed E-state index contributed by atoms with van der Waals surface area (Å²) < 4.78 is 32.9. The van der Waals surface area contributed by atoms with E-state index in [0.29, 0.717) is 43.7 Å². The van der Waals surface area contributed by atoms with Gasteiger partial charge in [-0.15, -0.1) is 0 Å². The van der Waals surface area contributed by atoms with E-state index < -0.39 is 10.0 Å². The molecule has 2 amide bonds. The maximum atomic E-state index is 13.1. The normalized spacial score (nSPS) is 20.4. The molecule has 34 heavy (non-hydrogen) atoms. The van der Waals surface area contributed by atoms with Crippen LogP contribution in [0, 0.1) is 0 Å². The highest BCUT2D eigenvalue weighted by molar-refractivity contribution is 7.89. The highest BCUT2D eigenvalue weighted by Crippen LogP contribution is 2.35. The molecule has 4 rings (SSSR count). The molecule has 0 unspecified atom stereocenters. The zero-order valence-electron chi connectivity index (χ0n) is 20.2. The van der Waals surface area contributed by atoms with Gasteiger partial charge < -0.3 is 9.64 Å². The van der Waals surface area contributed by atoms with Crippen LogP contribution in [0.4, 0.5) is 5.69 Å². The van der Waals surface area contributed by atoms with Crippen molar-refractivity contribution in [1.29, 1.82) is 0 Å².